The third kappa shape index (κ3) is 6.42. The fourth-order valence-electron chi connectivity index (χ4n) is 0.736. The summed E-state index contributed by atoms with van der Waals surface area (Å²) in [6.45, 7) is 6.89. The summed E-state index contributed by atoms with van der Waals surface area (Å²) in [5, 5.41) is 1.26. The second-order valence-electron chi connectivity index (χ2n) is 3.31. The predicted molar refractivity (Wildman–Crippen MR) is 43.8 cm³/mol. The van der Waals surface area contributed by atoms with Gasteiger partial charge >= 0.3 is 0 Å². The van der Waals surface area contributed by atoms with E-state index < -0.39 is 0 Å². The Balaban J connectivity index is 3.06. The van der Waals surface area contributed by atoms with Crippen LogP contribution in [0, 0.1) is 11.8 Å². The van der Waals surface area contributed by atoms with Gasteiger partial charge in [0.25, 0.3) is 0 Å². The van der Waals surface area contributed by atoms with Gasteiger partial charge in [-0.3, -0.25) is 0 Å². The van der Waals surface area contributed by atoms with E-state index in [2.05, 4.69) is 37.1 Å². The topological polar surface area (TPSA) is 0 Å². The summed E-state index contributed by atoms with van der Waals surface area (Å²) in [5.74, 6) is 1.78. The van der Waals surface area contributed by atoms with Crippen molar-refractivity contribution in [2.24, 2.45) is 11.8 Å². The second kappa shape index (κ2) is 5.33. The Morgan fingerprint density at radius 3 is 2.00 bits per heavy atom. The largest absolute Gasteiger partial charge is 0.118 e. The molecule has 0 heterocycles. The molecule has 0 aromatic rings. The first-order chi connectivity index (χ1) is 4.16. The third-order valence-electron chi connectivity index (χ3n) is 1.64. The molecule has 0 rings (SSSR count). The molecule has 0 saturated heterocycles. The van der Waals surface area contributed by atoms with Gasteiger partial charge in [-0.15, -0.1) is 5.28 Å². The van der Waals surface area contributed by atoms with E-state index in [1.54, 1.807) is 0 Å². The van der Waals surface area contributed by atoms with Crippen LogP contribution in [-0.4, -0.2) is 16.3 Å². The lowest BCUT2D eigenvalue weighted by atomic mass is 10.0. The van der Waals surface area contributed by atoms with E-state index in [0.29, 0.717) is 0 Å². The molecule has 0 amide bonds. The van der Waals surface area contributed by atoms with Crippen LogP contribution in [0.25, 0.3) is 0 Å². The van der Waals surface area contributed by atoms with E-state index in [4.69, 9.17) is 0 Å². The Morgan fingerprint density at radius 2 is 1.67 bits per heavy atom. The summed E-state index contributed by atoms with van der Waals surface area (Å²) >= 11 is 2.80. The molecule has 2 radical (unpaired) electrons. The van der Waals surface area contributed by atoms with Gasteiger partial charge in [-0.25, -0.2) is 0 Å². The Kier molecular flexibility index (Phi) is 5.64. The molecule has 0 aliphatic rings. The molecule has 0 saturated carbocycles. The van der Waals surface area contributed by atoms with Gasteiger partial charge < -0.3 is 0 Å². The number of hydrogen-bond donors (Lipinski definition) is 0. The molecule has 9 heavy (non-hydrogen) atoms. The summed E-state index contributed by atoms with van der Waals surface area (Å²) in [6, 6.07) is 0. The molecule has 1 atom stereocenters. The maximum atomic E-state index is 2.80. The van der Waals surface area contributed by atoms with E-state index in [9.17, 15) is 0 Å². The van der Waals surface area contributed by atoms with Crippen molar-refractivity contribution in [3.63, 3.8) is 0 Å². The van der Waals surface area contributed by atoms with Gasteiger partial charge in [0.05, 0.1) is 0 Å². The zero-order valence-electron chi connectivity index (χ0n) is 6.85. The highest BCUT2D eigenvalue weighted by atomic mass is 27.0. The van der Waals surface area contributed by atoms with Crippen molar-refractivity contribution >= 4 is 16.3 Å². The average Bonchev–Trinajstić information content (AvgIpc) is 1.83. The van der Waals surface area contributed by atoms with Crippen LogP contribution in [0.4, 0.5) is 0 Å². The molecule has 0 aliphatic carbocycles. The highest BCUT2D eigenvalue weighted by molar-refractivity contribution is 6.08. The Hall–Kier alpha value is 0.532. The average molecular weight is 140 g/mol. The fourth-order valence-corrected chi connectivity index (χ4v) is 0.971. The van der Waals surface area contributed by atoms with Crippen LogP contribution in [0.3, 0.4) is 0 Å². The second-order valence-corrected chi connectivity index (χ2v) is 3.78. The SMILES string of the molecule is CC(C)CCC(C)[CH2][Al]. The van der Waals surface area contributed by atoms with Crippen molar-refractivity contribution in [2.75, 3.05) is 0 Å². The maximum absolute atomic E-state index is 2.80. The smallest absolute Gasteiger partial charge is 0.115 e. The fraction of sp³-hybridized carbons (Fsp3) is 1.00. The molecule has 0 aliphatic heterocycles. The van der Waals surface area contributed by atoms with Gasteiger partial charge in [0.2, 0.25) is 0 Å². The summed E-state index contributed by atoms with van der Waals surface area (Å²) < 4.78 is 0. The normalized spacial score (nSPS) is 14.2. The van der Waals surface area contributed by atoms with Gasteiger partial charge in [-0.2, -0.15) is 0 Å². The van der Waals surface area contributed by atoms with Crippen LogP contribution < -0.4 is 0 Å². The standard InChI is InChI=1S/C8H17.Al/c1-7(2)5-6-8(3)4;/h7-8H,1,5-6H2,2-4H3;. The molecule has 0 fully saturated rings. The molecule has 1 unspecified atom stereocenters. The Morgan fingerprint density at radius 1 is 1.11 bits per heavy atom. The Bertz CT molecular complexity index is 59.6. The number of hydrogen-bond acceptors (Lipinski definition) is 0. The van der Waals surface area contributed by atoms with Gasteiger partial charge in [0.1, 0.15) is 16.3 Å². The zero-order chi connectivity index (χ0) is 7.28. The van der Waals surface area contributed by atoms with Crippen molar-refractivity contribution in [1.29, 1.82) is 0 Å². The summed E-state index contributed by atoms with van der Waals surface area (Å²) in [7, 11) is 0. The van der Waals surface area contributed by atoms with Gasteiger partial charge in [-0.05, 0) is 5.92 Å². The first kappa shape index (κ1) is 9.53. The highest BCUT2D eigenvalue weighted by Crippen LogP contribution is 2.13. The number of rotatable bonds is 4. The predicted octanol–water partition coefficient (Wildman–Crippen LogP) is 2.65. The third-order valence-corrected chi connectivity index (χ3v) is 2.44. The van der Waals surface area contributed by atoms with Crippen molar-refractivity contribution in [3.8, 4) is 0 Å². The first-order valence-corrected chi connectivity index (χ1v) is 4.68. The van der Waals surface area contributed by atoms with Crippen LogP contribution >= 0.6 is 0 Å². The van der Waals surface area contributed by atoms with E-state index in [0.717, 1.165) is 11.8 Å². The zero-order valence-corrected chi connectivity index (χ0v) is 8.01. The van der Waals surface area contributed by atoms with Crippen molar-refractivity contribution in [3.05, 3.63) is 0 Å². The van der Waals surface area contributed by atoms with E-state index in [1.807, 2.05) is 0 Å². The first-order valence-electron chi connectivity index (χ1n) is 3.87. The van der Waals surface area contributed by atoms with Gasteiger partial charge in [0.15, 0.2) is 0 Å². The van der Waals surface area contributed by atoms with Crippen LogP contribution in [0.15, 0.2) is 0 Å². The molecule has 0 bridgehead atoms. The van der Waals surface area contributed by atoms with Crippen molar-refractivity contribution in [1.82, 2.24) is 0 Å². The van der Waals surface area contributed by atoms with Crippen molar-refractivity contribution in [2.45, 2.75) is 38.9 Å². The van der Waals surface area contributed by atoms with Crippen LogP contribution in [-0.2, 0) is 0 Å². The monoisotopic (exact) mass is 140 g/mol. The molecule has 0 N–H and O–H groups in total. The highest BCUT2D eigenvalue weighted by Gasteiger charge is 1.98. The molecule has 52 valence electrons. The minimum atomic E-state index is 0.879. The minimum absolute atomic E-state index is 0.879. The van der Waals surface area contributed by atoms with E-state index >= 15 is 0 Å². The Labute approximate surface area is 67.5 Å². The lowest BCUT2D eigenvalue weighted by Crippen LogP contribution is -1.96. The van der Waals surface area contributed by atoms with Gasteiger partial charge in [0, 0.05) is 0 Å². The molecular formula is C8H17Al. The molecule has 0 nitrogen and oxygen atoms in total. The summed E-state index contributed by atoms with van der Waals surface area (Å²) in [5.41, 5.74) is 0. The van der Waals surface area contributed by atoms with Crippen LogP contribution in [0.5, 0.6) is 0 Å². The molecule has 1 heteroatoms. The van der Waals surface area contributed by atoms with E-state index in [-0.39, 0.29) is 0 Å². The minimum Gasteiger partial charge on any atom is -0.115 e. The van der Waals surface area contributed by atoms with E-state index in [1.165, 1.54) is 18.1 Å². The lowest BCUT2D eigenvalue weighted by molar-refractivity contribution is 0.476. The summed E-state index contributed by atoms with van der Waals surface area (Å²) in [4.78, 5) is 0. The van der Waals surface area contributed by atoms with Crippen molar-refractivity contribution < 1.29 is 0 Å². The lowest BCUT2D eigenvalue weighted by Gasteiger charge is -2.09. The molecule has 0 spiro atoms. The van der Waals surface area contributed by atoms with Crippen LogP contribution in [0.1, 0.15) is 33.6 Å². The summed E-state index contributed by atoms with van der Waals surface area (Å²) in [6.07, 6.45) is 2.77. The van der Waals surface area contributed by atoms with Crippen LogP contribution in [0.2, 0.25) is 5.28 Å². The molecule has 0 aromatic heterocycles. The quantitative estimate of drug-likeness (QED) is 0.526. The molecule has 0 aromatic carbocycles. The maximum Gasteiger partial charge on any atom is 0.118 e. The van der Waals surface area contributed by atoms with Gasteiger partial charge in [-0.1, -0.05) is 39.5 Å². The molecular weight excluding hydrogens is 123 g/mol.